The molecule has 7 nitrogen and oxygen atoms in total. The van der Waals surface area contributed by atoms with Crippen LogP contribution < -0.4 is 19.7 Å². The van der Waals surface area contributed by atoms with Crippen LogP contribution in [0.1, 0.15) is 18.9 Å². The Morgan fingerprint density at radius 2 is 2.07 bits per heavy atom. The Labute approximate surface area is 157 Å². The number of rotatable bonds is 4. The third kappa shape index (κ3) is 3.85. The van der Waals surface area contributed by atoms with E-state index in [0.717, 1.165) is 0 Å². The topological polar surface area (TPSA) is 91.7 Å². The molecule has 7 heteroatoms. The maximum absolute atomic E-state index is 12.9. The van der Waals surface area contributed by atoms with Gasteiger partial charge in [0.15, 0.2) is 18.1 Å². The Morgan fingerprint density at radius 1 is 1.30 bits per heavy atom. The van der Waals surface area contributed by atoms with E-state index < -0.39 is 0 Å². The summed E-state index contributed by atoms with van der Waals surface area (Å²) in [7, 11) is 1.47. The fourth-order valence-corrected chi connectivity index (χ4v) is 3.03. The minimum Gasteiger partial charge on any atom is -0.493 e. The van der Waals surface area contributed by atoms with Gasteiger partial charge in [0, 0.05) is 18.5 Å². The van der Waals surface area contributed by atoms with Crippen molar-refractivity contribution in [2.75, 3.05) is 23.9 Å². The lowest BCUT2D eigenvalue weighted by molar-refractivity contribution is -0.121. The minimum absolute atomic E-state index is 0.139. The minimum atomic E-state index is -0.312. The molecule has 0 radical (unpaired) electrons. The van der Waals surface area contributed by atoms with Crippen LogP contribution >= 0.6 is 0 Å². The smallest absolute Gasteiger partial charge is 0.265 e. The van der Waals surface area contributed by atoms with E-state index in [1.54, 1.807) is 41.3 Å². The number of nitrogens with zero attached hydrogens (tertiary/aromatic N) is 2. The van der Waals surface area contributed by atoms with Crippen LogP contribution in [0.15, 0.2) is 42.5 Å². The number of fused-ring (bicyclic) bond motifs is 1. The molecule has 3 rings (SSSR count). The molecule has 2 aromatic carbocycles. The normalized spacial score (nSPS) is 15.8. The number of nitriles is 1. The van der Waals surface area contributed by atoms with Crippen molar-refractivity contribution in [2.45, 2.75) is 19.4 Å². The van der Waals surface area contributed by atoms with Crippen LogP contribution in [0.25, 0.3) is 0 Å². The lowest BCUT2D eigenvalue weighted by Gasteiger charge is -2.27. The molecule has 0 bridgehead atoms. The van der Waals surface area contributed by atoms with E-state index >= 15 is 0 Å². The first kappa shape index (κ1) is 18.3. The summed E-state index contributed by atoms with van der Waals surface area (Å²) in [5.41, 5.74) is 1.66. The Bertz CT molecular complexity index is 920. The molecule has 27 heavy (non-hydrogen) atoms. The summed E-state index contributed by atoms with van der Waals surface area (Å²) >= 11 is 0. The van der Waals surface area contributed by atoms with Gasteiger partial charge in [-0.15, -0.1) is 0 Å². The van der Waals surface area contributed by atoms with Gasteiger partial charge in [0.05, 0.1) is 30.1 Å². The summed E-state index contributed by atoms with van der Waals surface area (Å²) in [6, 6.07) is 13.6. The van der Waals surface area contributed by atoms with Gasteiger partial charge in [-0.2, -0.15) is 5.26 Å². The Kier molecular flexibility index (Phi) is 5.27. The van der Waals surface area contributed by atoms with Gasteiger partial charge < -0.3 is 19.7 Å². The van der Waals surface area contributed by atoms with Crippen LogP contribution in [0.3, 0.4) is 0 Å². The summed E-state index contributed by atoms with van der Waals surface area (Å²) in [5, 5.41) is 11.8. The van der Waals surface area contributed by atoms with Crippen LogP contribution in [0, 0.1) is 11.3 Å². The van der Waals surface area contributed by atoms with Crippen LogP contribution in [0.4, 0.5) is 11.4 Å². The summed E-state index contributed by atoms with van der Waals surface area (Å²) < 4.78 is 10.9. The molecular weight excluding hydrogens is 346 g/mol. The molecule has 1 aliphatic rings. The molecule has 0 aromatic heterocycles. The molecule has 0 spiro atoms. The quantitative estimate of drug-likeness (QED) is 0.899. The van der Waals surface area contributed by atoms with Crippen LogP contribution in [0.5, 0.6) is 11.5 Å². The number of ether oxygens (including phenoxy) is 2. The molecule has 1 atom stereocenters. The summed E-state index contributed by atoms with van der Waals surface area (Å²) in [6.45, 7) is 1.59. The first-order chi connectivity index (χ1) is 13.0. The number of hydrogen-bond donors (Lipinski definition) is 1. The van der Waals surface area contributed by atoms with Crippen molar-refractivity contribution in [3.05, 3.63) is 48.0 Å². The lowest BCUT2D eigenvalue weighted by Crippen LogP contribution is -2.41. The van der Waals surface area contributed by atoms with Gasteiger partial charge in [0.25, 0.3) is 5.91 Å². The lowest BCUT2D eigenvalue weighted by atomic mass is 10.1. The number of hydrogen-bond acceptors (Lipinski definition) is 5. The summed E-state index contributed by atoms with van der Waals surface area (Å²) in [4.78, 5) is 26.5. The molecule has 1 unspecified atom stereocenters. The molecule has 1 aliphatic heterocycles. The Morgan fingerprint density at radius 3 is 2.81 bits per heavy atom. The molecular formula is C20H19N3O4. The zero-order valence-electron chi connectivity index (χ0n) is 15.1. The number of carbonyl (C=O) groups excluding carboxylic acids is 2. The predicted octanol–water partition coefficient (Wildman–Crippen LogP) is 2.71. The molecule has 0 aliphatic carbocycles. The van der Waals surface area contributed by atoms with Crippen molar-refractivity contribution >= 4 is 23.2 Å². The molecule has 1 N–H and O–H groups in total. The molecule has 138 valence electrons. The zero-order valence-corrected chi connectivity index (χ0v) is 15.1. The second-order valence-corrected chi connectivity index (χ2v) is 6.15. The van der Waals surface area contributed by atoms with E-state index in [1.807, 2.05) is 19.1 Å². The second-order valence-electron chi connectivity index (χ2n) is 6.15. The SMILES string of the molecule is COc1cc(C#N)ccc1OCC(=O)N1c2ccccc2NC(=O)CC1C. The van der Waals surface area contributed by atoms with Crippen LogP contribution in [-0.4, -0.2) is 31.6 Å². The van der Waals surface area contributed by atoms with Crippen molar-refractivity contribution in [2.24, 2.45) is 0 Å². The number of nitrogens with one attached hydrogen (secondary N) is 1. The molecule has 2 amide bonds. The summed E-state index contributed by atoms with van der Waals surface area (Å²) in [5.74, 6) is 0.329. The second kappa shape index (κ2) is 7.79. The molecule has 1 heterocycles. The van der Waals surface area contributed by atoms with Crippen molar-refractivity contribution in [3.8, 4) is 17.6 Å². The molecule has 0 saturated carbocycles. The van der Waals surface area contributed by atoms with Gasteiger partial charge in [-0.05, 0) is 31.2 Å². The van der Waals surface area contributed by atoms with Crippen molar-refractivity contribution in [3.63, 3.8) is 0 Å². The Hall–Kier alpha value is -3.53. The van der Waals surface area contributed by atoms with Gasteiger partial charge in [0.1, 0.15) is 0 Å². The van der Waals surface area contributed by atoms with Crippen molar-refractivity contribution in [1.82, 2.24) is 0 Å². The molecule has 0 saturated heterocycles. The standard InChI is InChI=1S/C20H19N3O4/c1-13-9-19(24)22-15-5-3-4-6-16(15)23(13)20(25)12-27-17-8-7-14(11-21)10-18(17)26-2/h3-8,10,13H,9,12H2,1-2H3,(H,22,24). The summed E-state index contributed by atoms with van der Waals surface area (Å²) in [6.07, 6.45) is 0.195. The fourth-order valence-electron chi connectivity index (χ4n) is 3.03. The van der Waals surface area contributed by atoms with E-state index in [-0.39, 0.29) is 30.9 Å². The van der Waals surface area contributed by atoms with Gasteiger partial charge in [-0.3, -0.25) is 9.59 Å². The maximum Gasteiger partial charge on any atom is 0.265 e. The zero-order chi connectivity index (χ0) is 19.4. The Balaban J connectivity index is 1.82. The van der Waals surface area contributed by atoms with Gasteiger partial charge in [0.2, 0.25) is 5.91 Å². The number of carbonyl (C=O) groups is 2. The third-order valence-corrected chi connectivity index (χ3v) is 4.27. The van der Waals surface area contributed by atoms with Crippen molar-refractivity contribution < 1.29 is 19.1 Å². The van der Waals surface area contributed by atoms with E-state index in [1.165, 1.54) is 7.11 Å². The largest absolute Gasteiger partial charge is 0.493 e. The monoisotopic (exact) mass is 365 g/mol. The highest BCUT2D eigenvalue weighted by Gasteiger charge is 2.29. The van der Waals surface area contributed by atoms with E-state index in [2.05, 4.69) is 5.32 Å². The molecule has 0 fully saturated rings. The first-order valence-electron chi connectivity index (χ1n) is 8.45. The van der Waals surface area contributed by atoms with E-state index in [9.17, 15) is 9.59 Å². The van der Waals surface area contributed by atoms with E-state index in [0.29, 0.717) is 28.4 Å². The fraction of sp³-hybridized carbons (Fsp3) is 0.250. The average Bonchev–Trinajstić information content (AvgIpc) is 2.80. The van der Waals surface area contributed by atoms with Gasteiger partial charge in [-0.1, -0.05) is 12.1 Å². The van der Waals surface area contributed by atoms with Crippen LogP contribution in [0.2, 0.25) is 0 Å². The predicted molar refractivity (Wildman–Crippen MR) is 99.8 cm³/mol. The number of methoxy groups -OCH3 is 1. The van der Waals surface area contributed by atoms with Crippen LogP contribution in [-0.2, 0) is 9.59 Å². The van der Waals surface area contributed by atoms with Gasteiger partial charge in [-0.25, -0.2) is 0 Å². The van der Waals surface area contributed by atoms with E-state index in [4.69, 9.17) is 14.7 Å². The highest BCUT2D eigenvalue weighted by molar-refractivity contribution is 6.04. The first-order valence-corrected chi connectivity index (χ1v) is 8.45. The number of para-hydroxylation sites is 2. The molecule has 2 aromatic rings. The van der Waals surface area contributed by atoms with Crippen molar-refractivity contribution in [1.29, 1.82) is 5.26 Å². The number of anilines is 2. The average molecular weight is 365 g/mol. The van der Waals surface area contributed by atoms with Gasteiger partial charge >= 0.3 is 0 Å². The maximum atomic E-state index is 12.9. The highest BCUT2D eigenvalue weighted by Crippen LogP contribution is 2.32. The highest BCUT2D eigenvalue weighted by atomic mass is 16.5. The number of amides is 2. The third-order valence-electron chi connectivity index (χ3n) is 4.27. The number of benzene rings is 2.